The van der Waals surface area contributed by atoms with Gasteiger partial charge in [0, 0.05) is 5.92 Å². The van der Waals surface area contributed by atoms with Crippen LogP contribution in [-0.2, 0) is 0 Å². The third kappa shape index (κ3) is 9.96. The standard InChI is InChI=1S/C16H33N.CN/c1-3-5-6-7-8-9-10-13-17-14-11-12-16(4-2)15-17;1-2/h16H,3-15H2,1-2H3;/q;-1/p+1. The molecule has 0 spiro atoms. The van der Waals surface area contributed by atoms with E-state index in [1.54, 1.807) is 0 Å². The smallest absolute Gasteiger partial charge is 0.0799 e. The normalized spacial score (nSPS) is 22.5. The highest BCUT2D eigenvalue weighted by Crippen LogP contribution is 2.11. The summed E-state index contributed by atoms with van der Waals surface area (Å²) in [6, 6.07) is 0. The Bertz CT molecular complexity index is 201. The van der Waals surface area contributed by atoms with Gasteiger partial charge in [0.25, 0.3) is 0 Å². The van der Waals surface area contributed by atoms with Crippen LogP contribution in [0.5, 0.6) is 0 Å². The van der Waals surface area contributed by atoms with Crippen LogP contribution in [0.3, 0.4) is 0 Å². The SMILES string of the molecule is CCCCCCCCC[NH+]1CCCC(CC)C1.[C-]#N. The first-order valence-corrected chi connectivity index (χ1v) is 8.42. The van der Waals surface area contributed by atoms with Gasteiger partial charge < -0.3 is 16.7 Å². The quantitative estimate of drug-likeness (QED) is 0.502. The Labute approximate surface area is 121 Å². The molecule has 0 aromatic heterocycles. The summed E-state index contributed by atoms with van der Waals surface area (Å²) in [5.74, 6) is 1.03. The van der Waals surface area contributed by atoms with Gasteiger partial charge in [0.05, 0.1) is 19.6 Å². The van der Waals surface area contributed by atoms with Crippen LogP contribution < -0.4 is 4.90 Å². The molecule has 2 unspecified atom stereocenters. The topological polar surface area (TPSA) is 28.2 Å². The van der Waals surface area contributed by atoms with Crippen molar-refractivity contribution in [1.29, 1.82) is 5.26 Å². The number of nitrogens with one attached hydrogen (secondary N) is 1. The van der Waals surface area contributed by atoms with Crippen LogP contribution >= 0.6 is 0 Å². The van der Waals surface area contributed by atoms with Gasteiger partial charge in [-0.1, -0.05) is 46.0 Å². The zero-order valence-corrected chi connectivity index (χ0v) is 13.2. The lowest BCUT2D eigenvalue weighted by Gasteiger charge is -2.29. The summed E-state index contributed by atoms with van der Waals surface area (Å²) in [6.07, 6.45) is 14.5. The summed E-state index contributed by atoms with van der Waals surface area (Å²) >= 11 is 0. The number of hydrogen-bond acceptors (Lipinski definition) is 1. The monoisotopic (exact) mass is 266 g/mol. The lowest BCUT2D eigenvalue weighted by molar-refractivity contribution is -0.909. The molecular formula is C17H34N2. The Morgan fingerprint density at radius 1 is 1.00 bits per heavy atom. The van der Waals surface area contributed by atoms with E-state index in [-0.39, 0.29) is 0 Å². The minimum absolute atomic E-state index is 1.03. The number of hydrogen-bond donors (Lipinski definition) is 1. The van der Waals surface area contributed by atoms with E-state index in [1.807, 2.05) is 4.90 Å². The van der Waals surface area contributed by atoms with E-state index >= 15 is 0 Å². The molecule has 1 aliphatic rings. The molecule has 0 saturated carbocycles. The van der Waals surface area contributed by atoms with Crippen molar-refractivity contribution in [1.82, 2.24) is 0 Å². The molecule has 1 N–H and O–H groups in total. The molecule has 112 valence electrons. The maximum Gasteiger partial charge on any atom is 0.0799 e. The number of unbranched alkanes of at least 4 members (excludes halogenated alkanes) is 6. The van der Waals surface area contributed by atoms with Gasteiger partial charge in [-0.05, 0) is 32.1 Å². The van der Waals surface area contributed by atoms with Crippen molar-refractivity contribution in [2.75, 3.05) is 19.6 Å². The lowest BCUT2D eigenvalue weighted by Crippen LogP contribution is -3.13. The van der Waals surface area contributed by atoms with Crippen LogP contribution in [0.25, 0.3) is 0 Å². The molecule has 2 atom stereocenters. The Morgan fingerprint density at radius 3 is 2.26 bits per heavy atom. The average Bonchev–Trinajstić information content (AvgIpc) is 2.48. The second-order valence-corrected chi connectivity index (χ2v) is 5.99. The number of nitrogens with zero attached hydrogens (tertiary/aromatic N) is 1. The summed E-state index contributed by atoms with van der Waals surface area (Å²) in [7, 11) is 0. The Balaban J connectivity index is 0.00000154. The summed E-state index contributed by atoms with van der Waals surface area (Å²) in [5.41, 5.74) is 0. The molecule has 1 rings (SSSR count). The fraction of sp³-hybridized carbons (Fsp3) is 0.941. The molecule has 0 aromatic rings. The van der Waals surface area contributed by atoms with Gasteiger partial charge >= 0.3 is 0 Å². The second kappa shape index (κ2) is 13.9. The van der Waals surface area contributed by atoms with Crippen LogP contribution in [0, 0.1) is 17.8 Å². The molecule has 0 radical (unpaired) electrons. The van der Waals surface area contributed by atoms with E-state index in [0.717, 1.165) is 5.92 Å². The molecule has 0 amide bonds. The van der Waals surface area contributed by atoms with Crippen LogP contribution in [0.1, 0.15) is 78.1 Å². The summed E-state index contributed by atoms with van der Waals surface area (Å²) in [4.78, 5) is 1.90. The Hall–Kier alpha value is -0.550. The van der Waals surface area contributed by atoms with Crippen molar-refractivity contribution in [3.05, 3.63) is 6.57 Å². The molecule has 1 fully saturated rings. The first kappa shape index (κ1) is 18.4. The Kier molecular flexibility index (Phi) is 13.5. The van der Waals surface area contributed by atoms with Crippen molar-refractivity contribution >= 4 is 0 Å². The van der Waals surface area contributed by atoms with Gasteiger partial charge in [0.2, 0.25) is 0 Å². The van der Waals surface area contributed by atoms with Crippen molar-refractivity contribution in [3.8, 4) is 0 Å². The molecular weight excluding hydrogens is 232 g/mol. The van der Waals surface area contributed by atoms with E-state index in [9.17, 15) is 0 Å². The molecule has 1 saturated heterocycles. The average molecular weight is 266 g/mol. The zero-order chi connectivity index (χ0) is 14.3. The van der Waals surface area contributed by atoms with E-state index < -0.39 is 0 Å². The largest absolute Gasteiger partial charge is 0.512 e. The van der Waals surface area contributed by atoms with Crippen LogP contribution in [0.4, 0.5) is 0 Å². The highest BCUT2D eigenvalue weighted by atomic mass is 15.1. The third-order valence-electron chi connectivity index (χ3n) is 4.43. The molecule has 2 heteroatoms. The first-order chi connectivity index (χ1) is 9.36. The zero-order valence-electron chi connectivity index (χ0n) is 13.2. The minimum atomic E-state index is 1.03. The fourth-order valence-corrected chi connectivity index (χ4v) is 3.16. The van der Waals surface area contributed by atoms with Crippen LogP contribution in [0.2, 0.25) is 0 Å². The van der Waals surface area contributed by atoms with E-state index in [0.29, 0.717) is 0 Å². The molecule has 2 nitrogen and oxygen atoms in total. The van der Waals surface area contributed by atoms with Gasteiger partial charge in [-0.25, -0.2) is 0 Å². The number of likely N-dealkylation sites (tertiary alicyclic amines) is 1. The number of piperidine rings is 1. The number of rotatable bonds is 9. The second-order valence-electron chi connectivity index (χ2n) is 5.99. The predicted octanol–water partition coefficient (Wildman–Crippen LogP) is 3.54. The predicted molar refractivity (Wildman–Crippen MR) is 81.5 cm³/mol. The summed E-state index contributed by atoms with van der Waals surface area (Å²) in [6.45, 7) is 13.8. The van der Waals surface area contributed by atoms with Gasteiger partial charge in [0.1, 0.15) is 0 Å². The summed E-state index contributed by atoms with van der Waals surface area (Å²) < 4.78 is 0. The van der Waals surface area contributed by atoms with Crippen molar-refractivity contribution in [2.24, 2.45) is 5.92 Å². The van der Waals surface area contributed by atoms with Gasteiger partial charge in [-0.15, -0.1) is 0 Å². The molecule has 0 bridgehead atoms. The minimum Gasteiger partial charge on any atom is -0.512 e. The molecule has 1 aliphatic heterocycles. The van der Waals surface area contributed by atoms with Crippen molar-refractivity contribution in [3.63, 3.8) is 0 Å². The van der Waals surface area contributed by atoms with E-state index in [2.05, 4.69) is 13.8 Å². The first-order valence-electron chi connectivity index (χ1n) is 8.42. The van der Waals surface area contributed by atoms with Gasteiger partial charge in [-0.2, -0.15) is 0 Å². The molecule has 1 heterocycles. The highest BCUT2D eigenvalue weighted by Gasteiger charge is 2.20. The van der Waals surface area contributed by atoms with Crippen LogP contribution in [0.15, 0.2) is 0 Å². The maximum absolute atomic E-state index is 6.25. The fourth-order valence-electron chi connectivity index (χ4n) is 3.16. The van der Waals surface area contributed by atoms with Crippen molar-refractivity contribution in [2.45, 2.75) is 78.1 Å². The lowest BCUT2D eigenvalue weighted by atomic mass is 9.95. The summed E-state index contributed by atoms with van der Waals surface area (Å²) in [5, 5.41) is 6.25. The maximum atomic E-state index is 6.25. The molecule has 0 aliphatic carbocycles. The van der Waals surface area contributed by atoms with E-state index in [1.165, 1.54) is 83.8 Å². The van der Waals surface area contributed by atoms with Crippen LogP contribution in [-0.4, -0.2) is 19.6 Å². The highest BCUT2D eigenvalue weighted by molar-refractivity contribution is 4.59. The van der Waals surface area contributed by atoms with Gasteiger partial charge in [-0.3, -0.25) is 0 Å². The Morgan fingerprint density at radius 2 is 1.63 bits per heavy atom. The van der Waals surface area contributed by atoms with E-state index in [4.69, 9.17) is 11.8 Å². The molecule has 19 heavy (non-hydrogen) atoms. The third-order valence-corrected chi connectivity index (χ3v) is 4.43. The molecule has 0 aromatic carbocycles. The van der Waals surface area contributed by atoms with Gasteiger partial charge in [0.15, 0.2) is 0 Å². The van der Waals surface area contributed by atoms with Crippen molar-refractivity contribution < 1.29 is 4.90 Å². The number of quaternary nitrogens is 1.